The van der Waals surface area contributed by atoms with Crippen molar-refractivity contribution in [3.63, 3.8) is 0 Å². The van der Waals surface area contributed by atoms with E-state index >= 15 is 0 Å². The molecule has 0 saturated heterocycles. The van der Waals surface area contributed by atoms with Crippen LogP contribution in [0.5, 0.6) is 5.75 Å². The molecule has 3 nitrogen and oxygen atoms in total. The minimum Gasteiger partial charge on any atom is -0.507 e. The molecular formula is C27H20N2O. The van der Waals surface area contributed by atoms with Gasteiger partial charge in [-0.3, -0.25) is 4.57 Å². The van der Waals surface area contributed by atoms with Gasteiger partial charge in [0.2, 0.25) is 0 Å². The second-order valence-electron chi connectivity index (χ2n) is 7.12. The Morgan fingerprint density at radius 2 is 1.23 bits per heavy atom. The summed E-state index contributed by atoms with van der Waals surface area (Å²) in [7, 11) is 0. The summed E-state index contributed by atoms with van der Waals surface area (Å²) in [6, 6.07) is 36.0. The summed E-state index contributed by atoms with van der Waals surface area (Å²) < 4.78 is 2.12. The summed E-state index contributed by atoms with van der Waals surface area (Å²) in [5, 5.41) is 10.3. The Bertz CT molecular complexity index is 1230. The van der Waals surface area contributed by atoms with E-state index in [2.05, 4.69) is 47.2 Å². The lowest BCUT2D eigenvalue weighted by Crippen LogP contribution is -1.95. The molecule has 0 aliphatic heterocycles. The van der Waals surface area contributed by atoms with E-state index in [1.807, 2.05) is 66.7 Å². The molecule has 30 heavy (non-hydrogen) atoms. The molecule has 0 fully saturated rings. The molecule has 144 valence electrons. The third kappa shape index (κ3) is 3.38. The van der Waals surface area contributed by atoms with E-state index in [4.69, 9.17) is 4.98 Å². The molecule has 1 heterocycles. The smallest absolute Gasteiger partial charge is 0.145 e. The van der Waals surface area contributed by atoms with Crippen molar-refractivity contribution in [3.8, 4) is 45.2 Å². The molecule has 0 unspecified atom stereocenters. The molecule has 0 bridgehead atoms. The molecule has 0 saturated carbocycles. The SMILES string of the molecule is Oc1ccccc1-c1cccc(-c2cn(-c3ccccc3)c(-c3ccccc3)n2)c1. The highest BCUT2D eigenvalue weighted by Crippen LogP contribution is 2.33. The minimum atomic E-state index is 0.273. The molecule has 4 aromatic carbocycles. The van der Waals surface area contributed by atoms with Crippen molar-refractivity contribution in [3.05, 3.63) is 115 Å². The predicted octanol–water partition coefficient (Wildman–Crippen LogP) is 6.58. The van der Waals surface area contributed by atoms with Crippen molar-refractivity contribution in [2.75, 3.05) is 0 Å². The van der Waals surface area contributed by atoms with Gasteiger partial charge >= 0.3 is 0 Å². The van der Waals surface area contributed by atoms with E-state index in [1.165, 1.54) is 0 Å². The number of hydrogen-bond acceptors (Lipinski definition) is 2. The van der Waals surface area contributed by atoms with Crippen LogP contribution in [0.15, 0.2) is 115 Å². The number of aromatic hydroxyl groups is 1. The van der Waals surface area contributed by atoms with E-state index in [0.29, 0.717) is 0 Å². The Morgan fingerprint density at radius 3 is 2.00 bits per heavy atom. The van der Waals surface area contributed by atoms with Gasteiger partial charge in [0.25, 0.3) is 0 Å². The van der Waals surface area contributed by atoms with Crippen LogP contribution in [0.2, 0.25) is 0 Å². The fourth-order valence-electron chi connectivity index (χ4n) is 3.66. The highest BCUT2D eigenvalue weighted by molar-refractivity contribution is 5.76. The van der Waals surface area contributed by atoms with E-state index in [-0.39, 0.29) is 5.75 Å². The van der Waals surface area contributed by atoms with Gasteiger partial charge in [0, 0.05) is 28.6 Å². The topological polar surface area (TPSA) is 38.0 Å². The fraction of sp³-hybridized carbons (Fsp3) is 0. The van der Waals surface area contributed by atoms with Crippen LogP contribution >= 0.6 is 0 Å². The van der Waals surface area contributed by atoms with Crippen LogP contribution in [-0.4, -0.2) is 14.7 Å². The molecule has 5 rings (SSSR count). The van der Waals surface area contributed by atoms with Crippen molar-refractivity contribution in [2.45, 2.75) is 0 Å². The van der Waals surface area contributed by atoms with E-state index in [1.54, 1.807) is 6.07 Å². The number of nitrogens with zero attached hydrogens (tertiary/aromatic N) is 2. The summed E-state index contributed by atoms with van der Waals surface area (Å²) in [6.07, 6.45) is 2.07. The zero-order valence-electron chi connectivity index (χ0n) is 16.3. The fourth-order valence-corrected chi connectivity index (χ4v) is 3.66. The van der Waals surface area contributed by atoms with Crippen LogP contribution in [0.1, 0.15) is 0 Å². The molecule has 5 aromatic rings. The molecule has 0 atom stereocenters. The molecule has 0 spiro atoms. The number of aromatic nitrogens is 2. The third-order valence-corrected chi connectivity index (χ3v) is 5.15. The number of para-hydroxylation sites is 2. The van der Waals surface area contributed by atoms with Crippen molar-refractivity contribution in [2.24, 2.45) is 0 Å². The first-order valence-corrected chi connectivity index (χ1v) is 9.88. The van der Waals surface area contributed by atoms with Crippen molar-refractivity contribution in [1.82, 2.24) is 9.55 Å². The zero-order valence-corrected chi connectivity index (χ0v) is 16.3. The molecule has 0 aliphatic carbocycles. The Balaban J connectivity index is 1.65. The number of phenols is 1. The lowest BCUT2D eigenvalue weighted by molar-refractivity contribution is 0.477. The van der Waals surface area contributed by atoms with Gasteiger partial charge in [0.15, 0.2) is 0 Å². The summed E-state index contributed by atoms with van der Waals surface area (Å²) in [6.45, 7) is 0. The molecule has 1 N–H and O–H groups in total. The maximum Gasteiger partial charge on any atom is 0.145 e. The van der Waals surface area contributed by atoms with E-state index in [0.717, 1.165) is 39.5 Å². The lowest BCUT2D eigenvalue weighted by Gasteiger charge is -2.07. The van der Waals surface area contributed by atoms with Gasteiger partial charge in [0.1, 0.15) is 11.6 Å². The maximum absolute atomic E-state index is 10.3. The molecular weight excluding hydrogens is 368 g/mol. The monoisotopic (exact) mass is 388 g/mol. The second-order valence-corrected chi connectivity index (χ2v) is 7.12. The highest BCUT2D eigenvalue weighted by Gasteiger charge is 2.14. The average Bonchev–Trinajstić information content (AvgIpc) is 3.26. The highest BCUT2D eigenvalue weighted by atomic mass is 16.3. The lowest BCUT2D eigenvalue weighted by atomic mass is 10.0. The Hall–Kier alpha value is -4.11. The molecule has 1 aromatic heterocycles. The molecule has 3 heteroatoms. The largest absolute Gasteiger partial charge is 0.507 e. The second kappa shape index (κ2) is 7.72. The van der Waals surface area contributed by atoms with Crippen LogP contribution in [0, 0.1) is 0 Å². The molecule has 0 amide bonds. The first-order chi connectivity index (χ1) is 14.8. The zero-order chi connectivity index (χ0) is 20.3. The normalized spacial score (nSPS) is 10.8. The van der Waals surface area contributed by atoms with Crippen LogP contribution < -0.4 is 0 Å². The number of rotatable bonds is 4. The van der Waals surface area contributed by atoms with Gasteiger partial charge in [0.05, 0.1) is 5.69 Å². The Labute approximate surface area is 175 Å². The number of benzene rings is 4. The average molecular weight is 388 g/mol. The molecule has 0 radical (unpaired) electrons. The van der Waals surface area contributed by atoms with E-state index < -0.39 is 0 Å². The van der Waals surface area contributed by atoms with E-state index in [9.17, 15) is 5.11 Å². The van der Waals surface area contributed by atoms with Crippen molar-refractivity contribution < 1.29 is 5.11 Å². The van der Waals surface area contributed by atoms with Crippen molar-refractivity contribution >= 4 is 0 Å². The van der Waals surface area contributed by atoms with Crippen LogP contribution in [0.25, 0.3) is 39.5 Å². The minimum absolute atomic E-state index is 0.273. The summed E-state index contributed by atoms with van der Waals surface area (Å²) in [5.74, 6) is 1.17. The van der Waals surface area contributed by atoms with Gasteiger partial charge < -0.3 is 5.11 Å². The maximum atomic E-state index is 10.3. The standard InChI is InChI=1S/C27H20N2O/c30-26-17-8-7-16-24(26)21-12-9-13-22(18-21)25-19-29(23-14-5-2-6-15-23)27(28-25)20-10-3-1-4-11-20/h1-19,30H. The van der Waals surface area contributed by atoms with Crippen molar-refractivity contribution in [1.29, 1.82) is 0 Å². The van der Waals surface area contributed by atoms with Crippen LogP contribution in [-0.2, 0) is 0 Å². The van der Waals surface area contributed by atoms with Gasteiger partial charge in [-0.25, -0.2) is 4.98 Å². The van der Waals surface area contributed by atoms with Crippen LogP contribution in [0.4, 0.5) is 0 Å². The van der Waals surface area contributed by atoms with Gasteiger partial charge in [-0.2, -0.15) is 0 Å². The van der Waals surface area contributed by atoms with Gasteiger partial charge in [-0.1, -0.05) is 84.9 Å². The first-order valence-electron chi connectivity index (χ1n) is 9.88. The summed E-state index contributed by atoms with van der Waals surface area (Å²) in [5.41, 5.74) is 5.78. The quantitative estimate of drug-likeness (QED) is 0.378. The van der Waals surface area contributed by atoms with Crippen LogP contribution in [0.3, 0.4) is 0 Å². The number of imidazole rings is 1. The third-order valence-electron chi connectivity index (χ3n) is 5.15. The van der Waals surface area contributed by atoms with Gasteiger partial charge in [-0.15, -0.1) is 0 Å². The first kappa shape index (κ1) is 18.0. The molecule has 0 aliphatic rings. The summed E-state index contributed by atoms with van der Waals surface area (Å²) >= 11 is 0. The number of phenolic OH excluding ortho intramolecular Hbond substituents is 1. The Kier molecular flexibility index (Phi) is 4.62. The summed E-state index contributed by atoms with van der Waals surface area (Å²) in [4.78, 5) is 4.98. The van der Waals surface area contributed by atoms with Gasteiger partial charge in [-0.05, 0) is 29.8 Å². The Morgan fingerprint density at radius 1 is 0.600 bits per heavy atom. The number of hydrogen-bond donors (Lipinski definition) is 1. The predicted molar refractivity (Wildman–Crippen MR) is 122 cm³/mol.